The van der Waals surface area contributed by atoms with Gasteiger partial charge in [0.2, 0.25) is 0 Å². The second-order valence-corrected chi connectivity index (χ2v) is 7.08. The molecule has 0 aromatic carbocycles. The number of pyridine rings is 1. The van der Waals surface area contributed by atoms with E-state index >= 15 is 0 Å². The van der Waals surface area contributed by atoms with Crippen molar-refractivity contribution in [3.63, 3.8) is 0 Å². The Bertz CT molecular complexity index is 597. The van der Waals surface area contributed by atoms with Gasteiger partial charge in [-0.2, -0.15) is 18.4 Å². The highest BCUT2D eigenvalue weighted by Crippen LogP contribution is 2.47. The zero-order chi connectivity index (χ0) is 16.0. The van der Waals surface area contributed by atoms with Crippen LogP contribution in [0.4, 0.5) is 13.2 Å². The number of rotatable bonds is 2. The van der Waals surface area contributed by atoms with Crippen LogP contribution in [0, 0.1) is 11.3 Å². The lowest BCUT2D eigenvalue weighted by atomic mass is 9.71. The Labute approximate surface area is 135 Å². The molecule has 1 unspecified atom stereocenters. The second-order valence-electron chi connectivity index (χ2n) is 6.17. The van der Waals surface area contributed by atoms with Gasteiger partial charge in [0.05, 0.1) is 18.0 Å². The lowest BCUT2D eigenvalue weighted by Gasteiger charge is -2.43. The summed E-state index contributed by atoms with van der Waals surface area (Å²) in [5.74, 6) is 0. The molecule has 3 atom stereocenters. The van der Waals surface area contributed by atoms with Gasteiger partial charge in [0.25, 0.3) is 0 Å². The average molecular weight is 374 g/mol. The van der Waals surface area contributed by atoms with E-state index in [4.69, 9.17) is 0 Å². The Hall–Kier alpha value is -1.13. The SMILES string of the molecule is N#CC1(c2cncc(Br)c2)C[C@H]2CC[C@@H](C1)N2CC(F)(F)F. The molecular formula is C15H15BrF3N3. The van der Waals surface area contributed by atoms with Crippen LogP contribution in [0.1, 0.15) is 31.2 Å². The molecule has 0 N–H and O–H groups in total. The van der Waals surface area contributed by atoms with Crippen molar-refractivity contribution >= 4 is 15.9 Å². The van der Waals surface area contributed by atoms with Crippen LogP contribution in [0.25, 0.3) is 0 Å². The van der Waals surface area contributed by atoms with Crippen molar-refractivity contribution in [3.05, 3.63) is 28.5 Å². The third-order valence-electron chi connectivity index (χ3n) is 4.77. The molecule has 0 radical (unpaired) electrons. The molecule has 118 valence electrons. The summed E-state index contributed by atoms with van der Waals surface area (Å²) >= 11 is 3.35. The van der Waals surface area contributed by atoms with Crippen LogP contribution < -0.4 is 0 Å². The predicted octanol–water partition coefficient (Wildman–Crippen LogP) is 3.79. The normalized spacial score (nSPS) is 32.0. The Balaban J connectivity index is 1.88. The Morgan fingerprint density at radius 1 is 1.32 bits per heavy atom. The van der Waals surface area contributed by atoms with Crippen molar-refractivity contribution in [1.29, 1.82) is 5.26 Å². The smallest absolute Gasteiger partial charge is 0.289 e. The van der Waals surface area contributed by atoms with Gasteiger partial charge >= 0.3 is 6.18 Å². The van der Waals surface area contributed by atoms with Gasteiger partial charge in [-0.1, -0.05) is 0 Å². The van der Waals surface area contributed by atoms with Crippen LogP contribution in [0.15, 0.2) is 22.9 Å². The first-order valence-electron chi connectivity index (χ1n) is 7.18. The summed E-state index contributed by atoms with van der Waals surface area (Å²) < 4.78 is 39.0. The van der Waals surface area contributed by atoms with Crippen molar-refractivity contribution in [2.45, 2.75) is 49.4 Å². The van der Waals surface area contributed by atoms with E-state index in [1.54, 1.807) is 17.3 Å². The fourth-order valence-corrected chi connectivity index (χ4v) is 4.24. The highest BCUT2D eigenvalue weighted by Gasteiger charge is 2.51. The maximum atomic E-state index is 12.7. The Morgan fingerprint density at radius 2 is 1.95 bits per heavy atom. The summed E-state index contributed by atoms with van der Waals surface area (Å²) in [5, 5.41) is 9.73. The van der Waals surface area contributed by atoms with Gasteiger partial charge in [-0.25, -0.2) is 0 Å². The number of nitriles is 1. The first kappa shape index (κ1) is 15.8. The highest BCUT2D eigenvalue weighted by molar-refractivity contribution is 9.10. The topological polar surface area (TPSA) is 39.9 Å². The summed E-state index contributed by atoms with van der Waals surface area (Å²) in [6, 6.07) is 3.87. The first-order valence-corrected chi connectivity index (χ1v) is 7.97. The number of nitrogens with zero attached hydrogens (tertiary/aromatic N) is 3. The number of hydrogen-bond donors (Lipinski definition) is 0. The zero-order valence-electron chi connectivity index (χ0n) is 11.8. The lowest BCUT2D eigenvalue weighted by molar-refractivity contribution is -0.156. The van der Waals surface area contributed by atoms with Crippen LogP contribution in [-0.2, 0) is 5.41 Å². The minimum atomic E-state index is -4.19. The molecule has 22 heavy (non-hydrogen) atoms. The van der Waals surface area contributed by atoms with E-state index < -0.39 is 18.1 Å². The van der Waals surface area contributed by atoms with Crippen LogP contribution in [0.5, 0.6) is 0 Å². The monoisotopic (exact) mass is 373 g/mol. The van der Waals surface area contributed by atoms with Crippen LogP contribution in [0.3, 0.4) is 0 Å². The molecule has 0 saturated carbocycles. The van der Waals surface area contributed by atoms with Crippen molar-refractivity contribution < 1.29 is 13.2 Å². The molecule has 0 spiro atoms. The molecule has 1 aromatic heterocycles. The van der Waals surface area contributed by atoms with E-state index in [-0.39, 0.29) is 12.1 Å². The van der Waals surface area contributed by atoms with Crippen molar-refractivity contribution in [1.82, 2.24) is 9.88 Å². The minimum absolute atomic E-state index is 0.181. The van der Waals surface area contributed by atoms with Gasteiger partial charge in [-0.15, -0.1) is 0 Å². The second kappa shape index (κ2) is 5.50. The van der Waals surface area contributed by atoms with E-state index in [1.165, 1.54) is 0 Å². The lowest BCUT2D eigenvalue weighted by Crippen LogP contribution is -2.51. The minimum Gasteiger partial charge on any atom is -0.289 e. The molecule has 3 heterocycles. The van der Waals surface area contributed by atoms with Gasteiger partial charge in [0.1, 0.15) is 0 Å². The molecule has 1 aromatic rings. The number of alkyl halides is 3. The fourth-order valence-electron chi connectivity index (χ4n) is 3.87. The van der Waals surface area contributed by atoms with E-state index in [9.17, 15) is 18.4 Å². The summed E-state index contributed by atoms with van der Waals surface area (Å²) in [4.78, 5) is 5.65. The largest absolute Gasteiger partial charge is 0.401 e. The molecule has 2 fully saturated rings. The van der Waals surface area contributed by atoms with Gasteiger partial charge in [0, 0.05) is 29.0 Å². The molecule has 0 amide bonds. The number of piperidine rings is 1. The summed E-state index contributed by atoms with van der Waals surface area (Å²) in [7, 11) is 0. The number of fused-ring (bicyclic) bond motifs is 2. The highest BCUT2D eigenvalue weighted by atomic mass is 79.9. The van der Waals surface area contributed by atoms with Gasteiger partial charge in [0.15, 0.2) is 0 Å². The summed E-state index contributed by atoms with van der Waals surface area (Å²) in [6.45, 7) is -0.874. The van der Waals surface area contributed by atoms with E-state index in [0.29, 0.717) is 12.8 Å². The average Bonchev–Trinajstić information content (AvgIpc) is 2.69. The molecule has 2 aliphatic rings. The molecule has 2 saturated heterocycles. The standard InChI is InChI=1S/C15H15BrF3N3/c16-11-3-10(6-21-7-11)14(8-20)4-12-1-2-13(5-14)22(12)9-15(17,18)19/h3,6-7,12-13H,1-2,4-5,9H2/t12-,13+,14?. The molecule has 3 rings (SSSR count). The van der Waals surface area contributed by atoms with Gasteiger partial charge < -0.3 is 0 Å². The van der Waals surface area contributed by atoms with Crippen LogP contribution in [-0.4, -0.2) is 34.7 Å². The molecule has 7 heteroatoms. The molecule has 2 aliphatic heterocycles. The van der Waals surface area contributed by atoms with Crippen molar-refractivity contribution in [3.8, 4) is 6.07 Å². The van der Waals surface area contributed by atoms with Crippen molar-refractivity contribution in [2.75, 3.05) is 6.54 Å². The maximum Gasteiger partial charge on any atom is 0.401 e. The van der Waals surface area contributed by atoms with E-state index in [1.807, 2.05) is 6.07 Å². The van der Waals surface area contributed by atoms with Gasteiger partial charge in [-0.05, 0) is 53.2 Å². The third kappa shape index (κ3) is 2.86. The van der Waals surface area contributed by atoms with Crippen LogP contribution in [0.2, 0.25) is 0 Å². The number of halogens is 4. The Morgan fingerprint density at radius 3 is 2.45 bits per heavy atom. The number of aromatic nitrogens is 1. The fraction of sp³-hybridized carbons (Fsp3) is 0.600. The Kier molecular flexibility index (Phi) is 3.94. The van der Waals surface area contributed by atoms with Crippen molar-refractivity contribution in [2.24, 2.45) is 0 Å². The maximum absolute atomic E-state index is 12.7. The van der Waals surface area contributed by atoms with E-state index in [2.05, 4.69) is 27.0 Å². The summed E-state index contributed by atoms with van der Waals surface area (Å²) in [6.07, 6.45) is 1.44. The quantitative estimate of drug-likeness (QED) is 0.791. The number of hydrogen-bond acceptors (Lipinski definition) is 3. The summed E-state index contributed by atoms with van der Waals surface area (Å²) in [5.41, 5.74) is 0.0676. The van der Waals surface area contributed by atoms with Gasteiger partial charge in [-0.3, -0.25) is 9.88 Å². The molecule has 2 bridgehead atoms. The van der Waals surface area contributed by atoms with E-state index in [0.717, 1.165) is 22.9 Å². The third-order valence-corrected chi connectivity index (χ3v) is 5.21. The first-order chi connectivity index (χ1) is 10.3. The molecular weight excluding hydrogens is 359 g/mol. The predicted molar refractivity (Wildman–Crippen MR) is 78.0 cm³/mol. The molecule has 3 nitrogen and oxygen atoms in total. The van der Waals surface area contributed by atoms with Crippen LogP contribution >= 0.6 is 15.9 Å². The zero-order valence-corrected chi connectivity index (χ0v) is 13.4. The molecule has 0 aliphatic carbocycles.